The van der Waals surface area contributed by atoms with Gasteiger partial charge in [-0.25, -0.2) is 17.8 Å². The number of nitrogens with zero attached hydrogens (tertiary/aromatic N) is 3. The molecule has 38 heavy (non-hydrogen) atoms. The summed E-state index contributed by atoms with van der Waals surface area (Å²) in [6, 6.07) is 3.54. The molecular weight excluding hydrogens is 517 g/mol. The zero-order valence-electron chi connectivity index (χ0n) is 21.2. The van der Waals surface area contributed by atoms with Crippen molar-refractivity contribution in [2.45, 2.75) is 63.7 Å². The normalized spacial score (nSPS) is 24.7. The number of carbonyl (C=O) groups is 2. The lowest BCUT2D eigenvalue weighted by Crippen LogP contribution is -2.61. The smallest absolute Gasteiger partial charge is 0.296 e. The molecule has 11 nitrogen and oxygen atoms in total. The molecule has 2 bridgehead atoms. The Morgan fingerprint density at radius 2 is 1.95 bits per heavy atom. The maximum absolute atomic E-state index is 13.6. The molecule has 4 heterocycles. The Morgan fingerprint density at radius 1 is 1.24 bits per heavy atom. The van der Waals surface area contributed by atoms with Crippen molar-refractivity contribution in [3.8, 4) is 5.75 Å². The quantitative estimate of drug-likeness (QED) is 0.486. The van der Waals surface area contributed by atoms with Crippen molar-refractivity contribution in [2.75, 3.05) is 12.8 Å². The first-order chi connectivity index (χ1) is 17.9. The van der Waals surface area contributed by atoms with Gasteiger partial charge >= 0.3 is 0 Å². The third-order valence-corrected chi connectivity index (χ3v) is 9.21. The molecule has 1 atom stereocenters. The highest BCUT2D eigenvalue weighted by atomic mass is 32.2. The van der Waals surface area contributed by atoms with Gasteiger partial charge in [-0.05, 0) is 62.1 Å². The van der Waals surface area contributed by atoms with Gasteiger partial charge in [0, 0.05) is 19.6 Å². The van der Waals surface area contributed by atoms with Gasteiger partial charge in [-0.3, -0.25) is 19.0 Å². The Bertz CT molecular complexity index is 1480. The maximum Gasteiger partial charge on any atom is 0.296 e. The zero-order chi connectivity index (χ0) is 27.4. The monoisotopic (exact) mass is 547 g/mol. The van der Waals surface area contributed by atoms with Crippen molar-refractivity contribution in [1.29, 1.82) is 0 Å². The average molecular weight is 548 g/mol. The van der Waals surface area contributed by atoms with Gasteiger partial charge in [0.2, 0.25) is 21.7 Å². The molecule has 1 aromatic heterocycles. The number of hydrogen-bond acceptors (Lipinski definition) is 7. The van der Waals surface area contributed by atoms with E-state index < -0.39 is 50.4 Å². The summed E-state index contributed by atoms with van der Waals surface area (Å²) < 4.78 is 40.1. The highest BCUT2D eigenvalue weighted by molar-refractivity contribution is 7.88. The van der Waals surface area contributed by atoms with Crippen LogP contribution < -0.4 is 16.2 Å². The van der Waals surface area contributed by atoms with Gasteiger partial charge in [0.15, 0.2) is 5.69 Å². The highest BCUT2D eigenvalue weighted by Gasteiger charge is 2.49. The SMILES string of the molecule is Cc1cc(CNC(=O)c2nc3n(c(=O)c2O)CC2CCC3(NC(=O)[C@H]3CCN3S(C)(=O)=O)CC2)ccc1F. The topological polar surface area (TPSA) is 151 Å². The van der Waals surface area contributed by atoms with E-state index in [1.807, 2.05) is 0 Å². The van der Waals surface area contributed by atoms with E-state index in [0.717, 1.165) is 10.6 Å². The van der Waals surface area contributed by atoms with Crippen LogP contribution in [-0.4, -0.2) is 58.0 Å². The molecule has 1 saturated carbocycles. The minimum atomic E-state index is -3.56. The molecule has 2 aromatic rings. The van der Waals surface area contributed by atoms with E-state index in [9.17, 15) is 32.3 Å². The molecule has 2 amide bonds. The minimum Gasteiger partial charge on any atom is -0.501 e. The molecule has 4 aliphatic rings. The maximum atomic E-state index is 13.6. The number of amides is 2. The van der Waals surface area contributed by atoms with Crippen molar-refractivity contribution in [3.63, 3.8) is 0 Å². The second-order valence-corrected chi connectivity index (χ2v) is 12.4. The number of carbonyl (C=O) groups excluding carboxylic acids is 2. The van der Waals surface area contributed by atoms with Crippen molar-refractivity contribution in [3.05, 3.63) is 57.0 Å². The number of benzene rings is 1. The van der Waals surface area contributed by atoms with Crippen LogP contribution in [0.1, 0.15) is 59.5 Å². The van der Waals surface area contributed by atoms with Gasteiger partial charge in [0.1, 0.15) is 17.7 Å². The zero-order valence-corrected chi connectivity index (χ0v) is 22.0. The lowest BCUT2D eigenvalue weighted by molar-refractivity contribution is -0.130. The van der Waals surface area contributed by atoms with Gasteiger partial charge in [0.25, 0.3) is 11.5 Å². The van der Waals surface area contributed by atoms with E-state index in [4.69, 9.17) is 0 Å². The fourth-order valence-corrected chi connectivity index (χ4v) is 6.78. The number of sulfonamides is 1. The summed E-state index contributed by atoms with van der Waals surface area (Å²) in [5.41, 5.74) is -1.28. The predicted octanol–water partition coefficient (Wildman–Crippen LogP) is 0.876. The minimum absolute atomic E-state index is 0.0203. The number of aromatic nitrogens is 2. The molecule has 3 N–H and O–H groups in total. The Morgan fingerprint density at radius 3 is 2.55 bits per heavy atom. The number of aryl methyl sites for hydroxylation is 1. The van der Waals surface area contributed by atoms with Crippen molar-refractivity contribution in [2.24, 2.45) is 5.92 Å². The lowest BCUT2D eigenvalue weighted by atomic mass is 9.77. The highest BCUT2D eigenvalue weighted by Crippen LogP contribution is 2.43. The number of fused-ring (bicyclic) bond motifs is 2. The molecule has 0 radical (unpaired) electrons. The standard InChI is InChI=1S/C25H30FN5O6S/c1-14-11-16(3-4-17(14)26)12-27-22(34)19-20(32)23(35)30-13-15-5-8-25(9-6-15,24(30)28-19)29-21(33)18-7-10-31(18)38(2,36)37/h3-4,11,15,18,32H,5-10,12-13H2,1-2H3,(H,27,34)(H,29,33)/t15?,18-,25?/m1/s1. The van der Waals surface area contributed by atoms with E-state index in [2.05, 4.69) is 15.6 Å². The van der Waals surface area contributed by atoms with Gasteiger partial charge in [-0.2, -0.15) is 4.31 Å². The summed E-state index contributed by atoms with van der Waals surface area (Å²) in [7, 11) is -3.56. The van der Waals surface area contributed by atoms with Crippen LogP contribution in [0.25, 0.3) is 0 Å². The van der Waals surface area contributed by atoms with E-state index >= 15 is 0 Å². The Labute approximate surface area is 219 Å². The van der Waals surface area contributed by atoms with Crippen LogP contribution in [0.5, 0.6) is 5.75 Å². The number of aromatic hydroxyl groups is 1. The fourth-order valence-electron chi connectivity index (χ4n) is 5.68. The largest absolute Gasteiger partial charge is 0.501 e. The van der Waals surface area contributed by atoms with Crippen LogP contribution in [0.15, 0.2) is 23.0 Å². The summed E-state index contributed by atoms with van der Waals surface area (Å²) in [5.74, 6) is -2.10. The van der Waals surface area contributed by atoms with Crippen LogP contribution in [0.2, 0.25) is 0 Å². The third-order valence-electron chi connectivity index (χ3n) is 7.93. The number of hydrogen-bond donors (Lipinski definition) is 3. The van der Waals surface area contributed by atoms with E-state index in [-0.39, 0.29) is 30.6 Å². The van der Waals surface area contributed by atoms with Crippen LogP contribution >= 0.6 is 0 Å². The first kappa shape index (κ1) is 26.3. The summed E-state index contributed by atoms with van der Waals surface area (Å²) in [6.07, 6.45) is 3.73. The number of rotatable bonds is 6. The molecule has 2 fully saturated rings. The van der Waals surface area contributed by atoms with Crippen LogP contribution in [0.3, 0.4) is 0 Å². The van der Waals surface area contributed by atoms with Gasteiger partial charge in [-0.15, -0.1) is 0 Å². The fraction of sp³-hybridized carbons (Fsp3) is 0.520. The van der Waals surface area contributed by atoms with Crippen molar-refractivity contribution in [1.82, 2.24) is 24.5 Å². The van der Waals surface area contributed by atoms with Crippen LogP contribution in [0.4, 0.5) is 4.39 Å². The summed E-state index contributed by atoms with van der Waals surface area (Å²) >= 11 is 0. The second-order valence-electron chi connectivity index (χ2n) is 10.5. The Balaban J connectivity index is 1.47. The summed E-state index contributed by atoms with van der Waals surface area (Å²) in [6.45, 7) is 2.17. The molecule has 0 spiro atoms. The van der Waals surface area contributed by atoms with Crippen LogP contribution in [0, 0.1) is 18.7 Å². The van der Waals surface area contributed by atoms with Crippen LogP contribution in [-0.2, 0) is 33.4 Å². The molecule has 6 rings (SSSR count). The average Bonchev–Trinajstić information content (AvgIpc) is 3.06. The Hall–Kier alpha value is -3.32. The number of halogens is 1. The third kappa shape index (κ3) is 4.57. The van der Waals surface area contributed by atoms with Crippen molar-refractivity contribution >= 4 is 21.8 Å². The van der Waals surface area contributed by atoms with Gasteiger partial charge < -0.3 is 15.7 Å². The van der Waals surface area contributed by atoms with Gasteiger partial charge in [-0.1, -0.05) is 12.1 Å². The molecule has 3 aliphatic heterocycles. The Kier molecular flexibility index (Phi) is 6.54. The molecule has 1 aromatic carbocycles. The molecule has 1 aliphatic carbocycles. The summed E-state index contributed by atoms with van der Waals surface area (Å²) in [4.78, 5) is 44.0. The van der Waals surface area contributed by atoms with E-state index in [1.165, 1.54) is 16.7 Å². The first-order valence-electron chi connectivity index (χ1n) is 12.6. The molecule has 0 unspecified atom stereocenters. The lowest BCUT2D eigenvalue weighted by Gasteiger charge is -2.42. The molecule has 204 valence electrons. The second kappa shape index (κ2) is 9.45. The molecule has 1 saturated heterocycles. The summed E-state index contributed by atoms with van der Waals surface area (Å²) in [5, 5.41) is 16.2. The number of nitrogens with one attached hydrogen (secondary N) is 2. The molecule has 13 heteroatoms. The first-order valence-corrected chi connectivity index (χ1v) is 14.4. The van der Waals surface area contributed by atoms with E-state index in [0.29, 0.717) is 49.8 Å². The van der Waals surface area contributed by atoms with E-state index in [1.54, 1.807) is 13.0 Å². The van der Waals surface area contributed by atoms with Crippen molar-refractivity contribution < 1.29 is 27.5 Å². The molecular formula is C25H30FN5O6S. The predicted molar refractivity (Wildman–Crippen MR) is 134 cm³/mol. The van der Waals surface area contributed by atoms with Gasteiger partial charge in [0.05, 0.1) is 11.8 Å².